The molecule has 1 aromatic rings. The first-order valence-electron chi connectivity index (χ1n) is 9.73. The fourth-order valence-electron chi connectivity index (χ4n) is 3.57. The van der Waals surface area contributed by atoms with Crippen LogP contribution in [0.1, 0.15) is 86.0 Å². The second kappa shape index (κ2) is 8.91. The highest BCUT2D eigenvalue weighted by molar-refractivity contribution is 5.98. The van der Waals surface area contributed by atoms with E-state index in [1.165, 1.54) is 12.1 Å². The minimum Gasteiger partial charge on any atom is -0.480 e. The maximum Gasteiger partial charge on any atom is 0.325 e. The zero-order valence-electron chi connectivity index (χ0n) is 16.3. The molecular formula is C21H29F2NO3. The van der Waals surface area contributed by atoms with Crippen LogP contribution in [0.4, 0.5) is 8.78 Å². The van der Waals surface area contributed by atoms with E-state index in [0.717, 1.165) is 26.2 Å². The molecule has 0 amide bonds. The zero-order valence-corrected chi connectivity index (χ0v) is 16.3. The average molecular weight is 381 g/mol. The van der Waals surface area contributed by atoms with Crippen molar-refractivity contribution in [3.8, 4) is 0 Å². The van der Waals surface area contributed by atoms with Gasteiger partial charge in [-0.25, -0.2) is 8.78 Å². The summed E-state index contributed by atoms with van der Waals surface area (Å²) >= 11 is 0. The molecule has 6 heteroatoms. The van der Waals surface area contributed by atoms with E-state index in [9.17, 15) is 23.5 Å². The summed E-state index contributed by atoms with van der Waals surface area (Å²) in [6, 6.07) is 1.65. The SMILES string of the molecule is CCCC(=O)c1cc(C(NCC2CCC2)C(=O)O)cc(C(C)(F)F)c1CC. The molecule has 0 aromatic heterocycles. The number of aliphatic carboxylic acids is 1. The largest absolute Gasteiger partial charge is 0.480 e. The first-order valence-corrected chi connectivity index (χ1v) is 9.73. The standard InChI is InChI=1S/C21H29F2NO3/c1-4-7-18(25)16-10-14(11-17(15(16)5-2)21(3,22)23)19(20(26)27)24-12-13-8-6-9-13/h10-11,13,19,24H,4-9,12H2,1-3H3,(H,26,27). The second-order valence-electron chi connectivity index (χ2n) is 7.49. The topological polar surface area (TPSA) is 66.4 Å². The van der Waals surface area contributed by atoms with Crippen molar-refractivity contribution in [2.24, 2.45) is 5.92 Å². The van der Waals surface area contributed by atoms with Crippen molar-refractivity contribution in [1.29, 1.82) is 0 Å². The fraction of sp³-hybridized carbons (Fsp3) is 0.619. The monoisotopic (exact) mass is 381 g/mol. The van der Waals surface area contributed by atoms with Crippen molar-refractivity contribution in [2.45, 2.75) is 71.3 Å². The number of carbonyl (C=O) groups excluding carboxylic acids is 1. The molecule has 1 aromatic carbocycles. The molecule has 0 radical (unpaired) electrons. The summed E-state index contributed by atoms with van der Waals surface area (Å²) in [6.45, 7) is 4.90. The van der Waals surface area contributed by atoms with E-state index in [1.54, 1.807) is 6.92 Å². The first kappa shape index (κ1) is 21.5. The Balaban J connectivity index is 2.50. The van der Waals surface area contributed by atoms with Crippen molar-refractivity contribution < 1.29 is 23.5 Å². The van der Waals surface area contributed by atoms with E-state index in [2.05, 4.69) is 5.32 Å². The summed E-state index contributed by atoms with van der Waals surface area (Å²) in [6.07, 6.45) is 4.37. The summed E-state index contributed by atoms with van der Waals surface area (Å²) in [7, 11) is 0. The minimum atomic E-state index is -3.15. The van der Waals surface area contributed by atoms with Gasteiger partial charge in [0.25, 0.3) is 5.92 Å². The smallest absolute Gasteiger partial charge is 0.325 e. The van der Waals surface area contributed by atoms with Crippen molar-refractivity contribution in [2.75, 3.05) is 6.54 Å². The number of carboxylic acid groups (broad SMARTS) is 1. The summed E-state index contributed by atoms with van der Waals surface area (Å²) in [4.78, 5) is 24.4. The lowest BCUT2D eigenvalue weighted by Crippen LogP contribution is -2.35. The Morgan fingerprint density at radius 1 is 1.30 bits per heavy atom. The Morgan fingerprint density at radius 2 is 1.96 bits per heavy atom. The van der Waals surface area contributed by atoms with Crippen molar-refractivity contribution in [3.63, 3.8) is 0 Å². The van der Waals surface area contributed by atoms with Crippen molar-refractivity contribution in [3.05, 3.63) is 34.4 Å². The number of hydrogen-bond acceptors (Lipinski definition) is 3. The maximum atomic E-state index is 14.3. The van der Waals surface area contributed by atoms with Gasteiger partial charge < -0.3 is 10.4 Å². The Bertz CT molecular complexity index is 693. The summed E-state index contributed by atoms with van der Waals surface area (Å²) in [5, 5.41) is 12.6. The number of nitrogens with one attached hydrogen (secondary N) is 1. The van der Waals surface area contributed by atoms with Gasteiger partial charge in [-0.1, -0.05) is 20.3 Å². The molecule has 2 N–H and O–H groups in total. The van der Waals surface area contributed by atoms with E-state index < -0.39 is 17.9 Å². The number of ketones is 1. The number of Topliss-reactive ketones (excluding diaryl/α,β-unsaturated/α-hetero) is 1. The normalized spacial score (nSPS) is 16.0. The Hall–Kier alpha value is -1.82. The van der Waals surface area contributed by atoms with E-state index in [4.69, 9.17) is 0 Å². The molecule has 0 heterocycles. The molecule has 0 spiro atoms. The molecule has 2 rings (SSSR count). The predicted molar refractivity (Wildman–Crippen MR) is 100 cm³/mol. The lowest BCUT2D eigenvalue weighted by molar-refractivity contribution is -0.139. The Morgan fingerprint density at radius 3 is 2.41 bits per heavy atom. The lowest BCUT2D eigenvalue weighted by Gasteiger charge is -2.28. The Labute approximate surface area is 159 Å². The number of carbonyl (C=O) groups is 2. The quantitative estimate of drug-likeness (QED) is 0.568. The molecule has 0 bridgehead atoms. The van der Waals surface area contributed by atoms with Crippen LogP contribution in [0.15, 0.2) is 12.1 Å². The van der Waals surface area contributed by atoms with E-state index >= 15 is 0 Å². The van der Waals surface area contributed by atoms with Crippen LogP contribution in [-0.4, -0.2) is 23.4 Å². The molecule has 1 aliphatic carbocycles. The van der Waals surface area contributed by atoms with Gasteiger partial charge in [-0.3, -0.25) is 9.59 Å². The molecule has 1 fully saturated rings. The number of hydrogen-bond donors (Lipinski definition) is 2. The molecule has 1 aliphatic rings. The Kier molecular flexibility index (Phi) is 7.09. The number of carboxylic acids is 1. The van der Waals surface area contributed by atoms with Crippen LogP contribution < -0.4 is 5.32 Å². The maximum absolute atomic E-state index is 14.3. The number of alkyl halides is 2. The van der Waals surface area contributed by atoms with Gasteiger partial charge in [0.1, 0.15) is 6.04 Å². The van der Waals surface area contributed by atoms with Crippen LogP contribution >= 0.6 is 0 Å². The molecule has 150 valence electrons. The molecule has 1 unspecified atom stereocenters. The highest BCUT2D eigenvalue weighted by Crippen LogP contribution is 2.35. The lowest BCUT2D eigenvalue weighted by atomic mass is 9.84. The minimum absolute atomic E-state index is 0.218. The van der Waals surface area contributed by atoms with Crippen LogP contribution in [-0.2, 0) is 17.1 Å². The number of benzene rings is 1. The van der Waals surface area contributed by atoms with Gasteiger partial charge in [-0.15, -0.1) is 0 Å². The molecule has 27 heavy (non-hydrogen) atoms. The average Bonchev–Trinajstić information content (AvgIpc) is 2.55. The van der Waals surface area contributed by atoms with Gasteiger partial charge >= 0.3 is 5.97 Å². The third-order valence-electron chi connectivity index (χ3n) is 5.29. The van der Waals surface area contributed by atoms with Crippen LogP contribution in [0, 0.1) is 5.92 Å². The van der Waals surface area contributed by atoms with Crippen LogP contribution in [0.2, 0.25) is 0 Å². The van der Waals surface area contributed by atoms with Gasteiger partial charge in [-0.05, 0) is 61.4 Å². The van der Waals surface area contributed by atoms with Gasteiger partial charge in [0.2, 0.25) is 0 Å². The molecule has 0 aliphatic heterocycles. The molecule has 1 saturated carbocycles. The highest BCUT2D eigenvalue weighted by Gasteiger charge is 2.33. The highest BCUT2D eigenvalue weighted by atomic mass is 19.3. The van der Waals surface area contributed by atoms with E-state index in [0.29, 0.717) is 24.4 Å². The van der Waals surface area contributed by atoms with Crippen LogP contribution in [0.3, 0.4) is 0 Å². The van der Waals surface area contributed by atoms with Crippen LogP contribution in [0.5, 0.6) is 0 Å². The van der Waals surface area contributed by atoms with Crippen LogP contribution in [0.25, 0.3) is 0 Å². The summed E-state index contributed by atoms with van der Waals surface area (Å²) in [5.41, 5.74) is 0.506. The molecule has 0 saturated heterocycles. The van der Waals surface area contributed by atoms with Gasteiger partial charge in [0.15, 0.2) is 5.78 Å². The zero-order chi connectivity index (χ0) is 20.2. The summed E-state index contributed by atoms with van der Waals surface area (Å²) in [5.74, 6) is -4.07. The predicted octanol–water partition coefficient (Wildman–Crippen LogP) is 4.86. The third kappa shape index (κ3) is 5.12. The molecule has 4 nitrogen and oxygen atoms in total. The number of rotatable bonds is 10. The van der Waals surface area contributed by atoms with E-state index in [1.807, 2.05) is 6.92 Å². The third-order valence-corrected chi connectivity index (χ3v) is 5.29. The first-order chi connectivity index (χ1) is 12.7. The second-order valence-corrected chi connectivity index (χ2v) is 7.49. The van der Waals surface area contributed by atoms with Crippen molar-refractivity contribution in [1.82, 2.24) is 5.32 Å². The summed E-state index contributed by atoms with van der Waals surface area (Å²) < 4.78 is 28.5. The molecule has 1 atom stereocenters. The van der Waals surface area contributed by atoms with Gasteiger partial charge in [-0.2, -0.15) is 0 Å². The van der Waals surface area contributed by atoms with E-state index in [-0.39, 0.29) is 35.3 Å². The fourth-order valence-corrected chi connectivity index (χ4v) is 3.57. The molecular weight excluding hydrogens is 352 g/mol. The van der Waals surface area contributed by atoms with Crippen molar-refractivity contribution >= 4 is 11.8 Å². The number of halogens is 2. The van der Waals surface area contributed by atoms with Gasteiger partial charge in [0.05, 0.1) is 0 Å². The van der Waals surface area contributed by atoms with Gasteiger partial charge in [0, 0.05) is 24.5 Å².